The van der Waals surface area contributed by atoms with Crippen LogP contribution in [0.5, 0.6) is 5.75 Å². The van der Waals surface area contributed by atoms with E-state index in [4.69, 9.17) is 10.5 Å². The third kappa shape index (κ3) is 3.75. The van der Waals surface area contributed by atoms with E-state index in [1.54, 1.807) is 19.1 Å². The number of methoxy groups -OCH3 is 1. The fraction of sp³-hybridized carbons (Fsp3) is 0.462. The molecule has 1 rings (SSSR count). The molecular formula is C13H20N2O2. The van der Waals surface area contributed by atoms with E-state index in [1.807, 2.05) is 19.1 Å². The van der Waals surface area contributed by atoms with Crippen LogP contribution >= 0.6 is 0 Å². The van der Waals surface area contributed by atoms with Crippen molar-refractivity contribution in [1.29, 1.82) is 0 Å². The highest BCUT2D eigenvalue weighted by molar-refractivity contribution is 5.77. The van der Waals surface area contributed by atoms with Gasteiger partial charge in [0.2, 0.25) is 5.91 Å². The first-order chi connectivity index (χ1) is 8.08. The molecule has 4 heteroatoms. The number of hydrogen-bond donors (Lipinski definition) is 1. The molecular weight excluding hydrogens is 216 g/mol. The van der Waals surface area contributed by atoms with Gasteiger partial charge >= 0.3 is 0 Å². The standard InChI is InChI=1S/C13H20N2O2/c1-10-4-5-12(17-3)11(8-10)6-7-15(2)13(16)9-14/h4-5,8H,6-7,9,14H2,1-3H3. The van der Waals surface area contributed by atoms with Gasteiger partial charge < -0.3 is 15.4 Å². The lowest BCUT2D eigenvalue weighted by Crippen LogP contribution is -2.34. The van der Waals surface area contributed by atoms with Crippen molar-refractivity contribution in [2.75, 3.05) is 27.2 Å². The molecule has 0 unspecified atom stereocenters. The fourth-order valence-corrected chi connectivity index (χ4v) is 1.67. The van der Waals surface area contributed by atoms with Crippen LogP contribution in [0.4, 0.5) is 0 Å². The van der Waals surface area contributed by atoms with Gasteiger partial charge in [0.05, 0.1) is 13.7 Å². The van der Waals surface area contributed by atoms with Gasteiger partial charge in [-0.15, -0.1) is 0 Å². The Labute approximate surface area is 102 Å². The van der Waals surface area contributed by atoms with Crippen molar-refractivity contribution in [1.82, 2.24) is 4.90 Å². The van der Waals surface area contributed by atoms with Crippen molar-refractivity contribution < 1.29 is 9.53 Å². The molecule has 0 spiro atoms. The lowest BCUT2D eigenvalue weighted by Gasteiger charge is -2.17. The first kappa shape index (κ1) is 13.5. The summed E-state index contributed by atoms with van der Waals surface area (Å²) in [5, 5.41) is 0. The van der Waals surface area contributed by atoms with Gasteiger partial charge in [0.25, 0.3) is 0 Å². The highest BCUT2D eigenvalue weighted by Gasteiger charge is 2.08. The van der Waals surface area contributed by atoms with Crippen molar-refractivity contribution in [3.8, 4) is 5.75 Å². The number of benzene rings is 1. The second-order valence-electron chi connectivity index (χ2n) is 4.08. The molecule has 0 saturated carbocycles. The molecule has 0 aliphatic rings. The van der Waals surface area contributed by atoms with Gasteiger partial charge in [0.1, 0.15) is 5.75 Å². The summed E-state index contributed by atoms with van der Waals surface area (Å²) in [6.07, 6.45) is 0.771. The molecule has 2 N–H and O–H groups in total. The Morgan fingerprint density at radius 1 is 1.47 bits per heavy atom. The number of carbonyl (C=O) groups excluding carboxylic acids is 1. The topological polar surface area (TPSA) is 55.6 Å². The molecule has 0 bridgehead atoms. The molecule has 0 aliphatic carbocycles. The number of hydrogen-bond acceptors (Lipinski definition) is 3. The van der Waals surface area contributed by atoms with Crippen LogP contribution in [0, 0.1) is 6.92 Å². The molecule has 0 heterocycles. The van der Waals surface area contributed by atoms with Gasteiger partial charge in [-0.1, -0.05) is 17.7 Å². The Kier molecular flexibility index (Phi) is 4.97. The summed E-state index contributed by atoms with van der Waals surface area (Å²) in [5.41, 5.74) is 7.61. The summed E-state index contributed by atoms with van der Waals surface area (Å²) in [4.78, 5) is 13.0. The van der Waals surface area contributed by atoms with E-state index in [1.165, 1.54) is 5.56 Å². The molecule has 0 atom stereocenters. The van der Waals surface area contributed by atoms with E-state index in [0.29, 0.717) is 6.54 Å². The van der Waals surface area contributed by atoms with E-state index in [9.17, 15) is 4.79 Å². The van der Waals surface area contributed by atoms with Crippen LogP contribution in [0.2, 0.25) is 0 Å². The maximum atomic E-state index is 11.3. The van der Waals surface area contributed by atoms with Crippen molar-refractivity contribution in [3.63, 3.8) is 0 Å². The van der Waals surface area contributed by atoms with Gasteiger partial charge in [-0.05, 0) is 25.0 Å². The maximum absolute atomic E-state index is 11.3. The van der Waals surface area contributed by atoms with Crippen molar-refractivity contribution >= 4 is 5.91 Å². The number of rotatable bonds is 5. The molecule has 0 radical (unpaired) electrons. The number of ether oxygens (including phenoxy) is 1. The van der Waals surface area contributed by atoms with Crippen LogP contribution in [0.1, 0.15) is 11.1 Å². The smallest absolute Gasteiger partial charge is 0.236 e. The summed E-state index contributed by atoms with van der Waals surface area (Å²) < 4.78 is 5.29. The number of nitrogens with two attached hydrogens (primary N) is 1. The summed E-state index contributed by atoms with van der Waals surface area (Å²) in [7, 11) is 3.42. The first-order valence-corrected chi connectivity index (χ1v) is 5.66. The number of nitrogens with zero attached hydrogens (tertiary/aromatic N) is 1. The monoisotopic (exact) mass is 236 g/mol. The lowest BCUT2D eigenvalue weighted by molar-refractivity contribution is -0.128. The van der Waals surface area contributed by atoms with E-state index in [2.05, 4.69) is 6.07 Å². The average molecular weight is 236 g/mol. The molecule has 0 saturated heterocycles. The molecule has 4 nitrogen and oxygen atoms in total. The minimum atomic E-state index is -0.0448. The number of aryl methyl sites for hydroxylation is 1. The van der Waals surface area contributed by atoms with Gasteiger partial charge in [-0.25, -0.2) is 0 Å². The molecule has 17 heavy (non-hydrogen) atoms. The molecule has 0 fully saturated rings. The van der Waals surface area contributed by atoms with Gasteiger partial charge in [-0.3, -0.25) is 4.79 Å². The molecule has 1 amide bonds. The molecule has 0 aromatic heterocycles. The van der Waals surface area contributed by atoms with Crippen LogP contribution in [0.15, 0.2) is 18.2 Å². The van der Waals surface area contributed by atoms with Gasteiger partial charge in [0, 0.05) is 13.6 Å². The lowest BCUT2D eigenvalue weighted by atomic mass is 10.1. The third-order valence-corrected chi connectivity index (χ3v) is 2.75. The predicted molar refractivity (Wildman–Crippen MR) is 68.1 cm³/mol. The van der Waals surface area contributed by atoms with Crippen LogP contribution in [-0.4, -0.2) is 38.1 Å². The quantitative estimate of drug-likeness (QED) is 0.828. The van der Waals surface area contributed by atoms with E-state index >= 15 is 0 Å². The zero-order valence-electron chi connectivity index (χ0n) is 10.7. The van der Waals surface area contributed by atoms with Crippen molar-refractivity contribution in [3.05, 3.63) is 29.3 Å². The Hall–Kier alpha value is -1.55. The summed E-state index contributed by atoms with van der Waals surface area (Å²) in [6.45, 7) is 2.75. The van der Waals surface area contributed by atoms with Gasteiger partial charge in [-0.2, -0.15) is 0 Å². The zero-order chi connectivity index (χ0) is 12.8. The van der Waals surface area contributed by atoms with Crippen LogP contribution in [0.25, 0.3) is 0 Å². The Morgan fingerprint density at radius 2 is 2.18 bits per heavy atom. The SMILES string of the molecule is COc1ccc(C)cc1CCN(C)C(=O)CN. The number of amides is 1. The molecule has 94 valence electrons. The minimum Gasteiger partial charge on any atom is -0.496 e. The van der Waals surface area contributed by atoms with E-state index in [-0.39, 0.29) is 12.5 Å². The van der Waals surface area contributed by atoms with Crippen molar-refractivity contribution in [2.45, 2.75) is 13.3 Å². The van der Waals surface area contributed by atoms with E-state index < -0.39 is 0 Å². The average Bonchev–Trinajstić information content (AvgIpc) is 2.35. The summed E-state index contributed by atoms with van der Waals surface area (Å²) >= 11 is 0. The maximum Gasteiger partial charge on any atom is 0.236 e. The Bertz CT molecular complexity index is 391. The highest BCUT2D eigenvalue weighted by atomic mass is 16.5. The summed E-state index contributed by atoms with van der Waals surface area (Å²) in [6, 6.07) is 6.05. The molecule has 0 aliphatic heterocycles. The van der Waals surface area contributed by atoms with Crippen LogP contribution < -0.4 is 10.5 Å². The largest absolute Gasteiger partial charge is 0.496 e. The Morgan fingerprint density at radius 3 is 2.76 bits per heavy atom. The second-order valence-corrected chi connectivity index (χ2v) is 4.08. The van der Waals surface area contributed by atoms with Crippen molar-refractivity contribution in [2.24, 2.45) is 5.73 Å². The zero-order valence-corrected chi connectivity index (χ0v) is 10.7. The van der Waals surface area contributed by atoms with Crippen LogP contribution in [0.3, 0.4) is 0 Å². The number of likely N-dealkylation sites (N-methyl/N-ethyl adjacent to an activating group) is 1. The second kappa shape index (κ2) is 6.25. The highest BCUT2D eigenvalue weighted by Crippen LogP contribution is 2.20. The van der Waals surface area contributed by atoms with Gasteiger partial charge in [0.15, 0.2) is 0 Å². The molecule has 1 aromatic carbocycles. The minimum absolute atomic E-state index is 0.0448. The summed E-state index contributed by atoms with van der Waals surface area (Å²) in [5.74, 6) is 0.820. The predicted octanol–water partition coefficient (Wildman–Crippen LogP) is 0.963. The normalized spacial score (nSPS) is 10.1. The van der Waals surface area contributed by atoms with Crippen LogP contribution in [-0.2, 0) is 11.2 Å². The first-order valence-electron chi connectivity index (χ1n) is 5.66. The third-order valence-electron chi connectivity index (χ3n) is 2.75. The van der Waals surface area contributed by atoms with E-state index in [0.717, 1.165) is 17.7 Å². The fourth-order valence-electron chi connectivity index (χ4n) is 1.67. The number of carbonyl (C=O) groups is 1. The Balaban J connectivity index is 2.68. The molecule has 1 aromatic rings.